The molecule has 3 N–H and O–H groups in total. The van der Waals surface area contributed by atoms with Crippen molar-refractivity contribution in [1.29, 1.82) is 0 Å². The maximum absolute atomic E-state index is 12.0. The lowest BCUT2D eigenvalue weighted by Gasteiger charge is -2.15. The second-order valence-electron chi connectivity index (χ2n) is 6.30. The number of anilines is 1. The van der Waals surface area contributed by atoms with Crippen molar-refractivity contribution in [3.05, 3.63) is 47.7 Å². The van der Waals surface area contributed by atoms with E-state index in [2.05, 4.69) is 15.7 Å². The zero-order chi connectivity index (χ0) is 17.5. The molecule has 0 radical (unpaired) electrons. The van der Waals surface area contributed by atoms with Gasteiger partial charge in [-0.05, 0) is 24.8 Å². The fourth-order valence-corrected chi connectivity index (χ4v) is 2.35. The first-order valence-corrected chi connectivity index (χ1v) is 8.27. The fourth-order valence-electron chi connectivity index (χ4n) is 2.35. The molecule has 6 nitrogen and oxygen atoms in total. The Morgan fingerprint density at radius 3 is 2.67 bits per heavy atom. The SMILES string of the molecule is Cc1cc(NC(=O)NCCC(O)C(C)C)n(Cc2ccccc2)n1. The van der Waals surface area contributed by atoms with Crippen LogP contribution < -0.4 is 10.6 Å². The van der Waals surface area contributed by atoms with Gasteiger partial charge < -0.3 is 10.4 Å². The molecule has 0 aliphatic carbocycles. The molecule has 0 spiro atoms. The minimum Gasteiger partial charge on any atom is -0.393 e. The molecule has 1 aromatic carbocycles. The van der Waals surface area contributed by atoms with Gasteiger partial charge in [0, 0.05) is 12.6 Å². The molecule has 130 valence electrons. The highest BCUT2D eigenvalue weighted by molar-refractivity contribution is 5.88. The average molecular weight is 330 g/mol. The number of aliphatic hydroxyl groups is 1. The third-order valence-electron chi connectivity index (χ3n) is 3.81. The highest BCUT2D eigenvalue weighted by Crippen LogP contribution is 2.13. The topological polar surface area (TPSA) is 79.2 Å². The standard InChI is InChI=1S/C18H26N4O2/c1-13(2)16(23)9-10-19-18(24)20-17-11-14(3)21-22(17)12-15-7-5-4-6-8-15/h4-8,11,13,16,23H,9-10,12H2,1-3H3,(H2,19,20,24). The summed E-state index contributed by atoms with van der Waals surface area (Å²) >= 11 is 0. The van der Waals surface area contributed by atoms with Crippen LogP contribution in [0.3, 0.4) is 0 Å². The second kappa shape index (κ2) is 8.49. The van der Waals surface area contributed by atoms with Crippen molar-refractivity contribution < 1.29 is 9.90 Å². The molecule has 1 atom stereocenters. The Bertz CT molecular complexity index is 652. The first kappa shape index (κ1) is 18.0. The van der Waals surface area contributed by atoms with Crippen LogP contribution in [0.5, 0.6) is 0 Å². The molecule has 0 saturated heterocycles. The van der Waals surface area contributed by atoms with Gasteiger partial charge in [-0.2, -0.15) is 5.10 Å². The predicted molar refractivity (Wildman–Crippen MR) is 95.0 cm³/mol. The number of hydrogen-bond acceptors (Lipinski definition) is 3. The molecule has 0 saturated carbocycles. The van der Waals surface area contributed by atoms with Crippen LogP contribution in [0.15, 0.2) is 36.4 Å². The highest BCUT2D eigenvalue weighted by atomic mass is 16.3. The second-order valence-corrected chi connectivity index (χ2v) is 6.30. The Labute approximate surface area is 142 Å². The number of carbonyl (C=O) groups is 1. The number of aromatic nitrogens is 2. The van der Waals surface area contributed by atoms with Crippen LogP contribution in [0.25, 0.3) is 0 Å². The Balaban J connectivity index is 1.91. The van der Waals surface area contributed by atoms with Gasteiger partial charge in [0.2, 0.25) is 0 Å². The van der Waals surface area contributed by atoms with Crippen LogP contribution in [-0.4, -0.2) is 33.6 Å². The zero-order valence-corrected chi connectivity index (χ0v) is 14.5. The summed E-state index contributed by atoms with van der Waals surface area (Å²) in [5.74, 6) is 0.836. The molecule has 0 bridgehead atoms. The summed E-state index contributed by atoms with van der Waals surface area (Å²) in [4.78, 5) is 12.0. The van der Waals surface area contributed by atoms with Crippen LogP contribution >= 0.6 is 0 Å². The van der Waals surface area contributed by atoms with Crippen LogP contribution in [-0.2, 0) is 6.54 Å². The summed E-state index contributed by atoms with van der Waals surface area (Å²) in [6, 6.07) is 11.5. The third kappa shape index (κ3) is 5.38. The summed E-state index contributed by atoms with van der Waals surface area (Å²) in [6.07, 6.45) is 0.129. The monoisotopic (exact) mass is 330 g/mol. The normalized spacial score (nSPS) is 12.2. The fraction of sp³-hybridized carbons (Fsp3) is 0.444. The van der Waals surface area contributed by atoms with Crippen molar-refractivity contribution >= 4 is 11.8 Å². The van der Waals surface area contributed by atoms with Crippen LogP contribution in [0.4, 0.5) is 10.6 Å². The lowest BCUT2D eigenvalue weighted by molar-refractivity contribution is 0.117. The van der Waals surface area contributed by atoms with Gasteiger partial charge >= 0.3 is 6.03 Å². The van der Waals surface area contributed by atoms with Crippen molar-refractivity contribution in [3.8, 4) is 0 Å². The predicted octanol–water partition coefficient (Wildman–Crippen LogP) is 2.77. The van der Waals surface area contributed by atoms with Gasteiger partial charge in [-0.3, -0.25) is 5.32 Å². The van der Waals surface area contributed by atoms with Crippen molar-refractivity contribution in [2.45, 2.75) is 39.8 Å². The molecule has 1 unspecified atom stereocenters. The molecule has 2 aromatic rings. The number of urea groups is 1. The highest BCUT2D eigenvalue weighted by Gasteiger charge is 2.12. The molecular formula is C18H26N4O2. The minimum atomic E-state index is -0.406. The van der Waals surface area contributed by atoms with E-state index in [9.17, 15) is 9.90 Å². The Morgan fingerprint density at radius 1 is 1.29 bits per heavy atom. The lowest BCUT2D eigenvalue weighted by atomic mass is 10.0. The zero-order valence-electron chi connectivity index (χ0n) is 14.5. The Hall–Kier alpha value is -2.34. The van der Waals surface area contributed by atoms with E-state index in [0.717, 1.165) is 11.3 Å². The van der Waals surface area contributed by atoms with Gasteiger partial charge in [0.1, 0.15) is 5.82 Å². The molecule has 1 aromatic heterocycles. The smallest absolute Gasteiger partial charge is 0.320 e. The molecule has 0 aliphatic rings. The quantitative estimate of drug-likeness (QED) is 0.730. The molecular weight excluding hydrogens is 304 g/mol. The number of aliphatic hydroxyl groups excluding tert-OH is 1. The summed E-state index contributed by atoms with van der Waals surface area (Å²) in [7, 11) is 0. The largest absolute Gasteiger partial charge is 0.393 e. The number of nitrogens with one attached hydrogen (secondary N) is 2. The van der Waals surface area contributed by atoms with Gasteiger partial charge in [0.25, 0.3) is 0 Å². The number of rotatable bonds is 7. The average Bonchev–Trinajstić information content (AvgIpc) is 2.87. The molecule has 2 rings (SSSR count). The minimum absolute atomic E-state index is 0.185. The van der Waals surface area contributed by atoms with Gasteiger partial charge in [-0.25, -0.2) is 9.48 Å². The number of nitrogens with zero attached hydrogens (tertiary/aromatic N) is 2. The molecule has 0 aliphatic heterocycles. The molecule has 24 heavy (non-hydrogen) atoms. The van der Waals surface area contributed by atoms with Crippen molar-refractivity contribution in [2.75, 3.05) is 11.9 Å². The van der Waals surface area contributed by atoms with Gasteiger partial charge in [0.05, 0.1) is 18.3 Å². The van der Waals surface area contributed by atoms with Gasteiger partial charge in [0.15, 0.2) is 0 Å². The number of amides is 2. The Kier molecular flexibility index (Phi) is 6.37. The van der Waals surface area contributed by atoms with Gasteiger partial charge in [-0.1, -0.05) is 44.2 Å². The maximum Gasteiger partial charge on any atom is 0.320 e. The molecule has 2 amide bonds. The number of carbonyl (C=O) groups excluding carboxylic acids is 1. The molecule has 6 heteroatoms. The molecule has 0 fully saturated rings. The summed E-state index contributed by atoms with van der Waals surface area (Å²) < 4.78 is 1.77. The van der Waals surface area contributed by atoms with E-state index in [4.69, 9.17) is 0 Å². The van der Waals surface area contributed by atoms with Crippen LogP contribution in [0, 0.1) is 12.8 Å². The van der Waals surface area contributed by atoms with E-state index in [1.54, 1.807) is 4.68 Å². The van der Waals surface area contributed by atoms with Crippen molar-refractivity contribution in [2.24, 2.45) is 5.92 Å². The van der Waals surface area contributed by atoms with Crippen LogP contribution in [0.2, 0.25) is 0 Å². The summed E-state index contributed by atoms with van der Waals surface area (Å²) in [5, 5.41) is 19.8. The maximum atomic E-state index is 12.0. The first-order valence-electron chi connectivity index (χ1n) is 8.27. The van der Waals surface area contributed by atoms with Gasteiger partial charge in [-0.15, -0.1) is 0 Å². The lowest BCUT2D eigenvalue weighted by Crippen LogP contribution is -2.33. The van der Waals surface area contributed by atoms with E-state index in [0.29, 0.717) is 25.3 Å². The van der Waals surface area contributed by atoms with Crippen molar-refractivity contribution in [1.82, 2.24) is 15.1 Å². The first-order chi connectivity index (χ1) is 11.5. The van der Waals surface area contributed by atoms with E-state index < -0.39 is 6.10 Å². The van der Waals surface area contributed by atoms with E-state index in [1.807, 2.05) is 57.2 Å². The van der Waals surface area contributed by atoms with Crippen molar-refractivity contribution in [3.63, 3.8) is 0 Å². The van der Waals surface area contributed by atoms with Crippen LogP contribution in [0.1, 0.15) is 31.5 Å². The van der Waals surface area contributed by atoms with E-state index in [1.165, 1.54) is 0 Å². The van der Waals surface area contributed by atoms with E-state index in [-0.39, 0.29) is 11.9 Å². The number of benzene rings is 1. The summed E-state index contributed by atoms with van der Waals surface area (Å²) in [5.41, 5.74) is 1.96. The molecule has 1 heterocycles. The number of hydrogen-bond donors (Lipinski definition) is 3. The number of aryl methyl sites for hydroxylation is 1. The van der Waals surface area contributed by atoms with E-state index >= 15 is 0 Å². The summed E-state index contributed by atoms with van der Waals surface area (Å²) in [6.45, 7) is 6.82. The Morgan fingerprint density at radius 2 is 2.00 bits per heavy atom. The third-order valence-corrected chi connectivity index (χ3v) is 3.81.